The molecule has 0 spiro atoms. The Morgan fingerprint density at radius 2 is 1.78 bits per heavy atom. The van der Waals surface area contributed by atoms with Gasteiger partial charge in [-0.25, -0.2) is 18.4 Å². The van der Waals surface area contributed by atoms with Crippen LogP contribution < -0.4 is 10.1 Å². The summed E-state index contributed by atoms with van der Waals surface area (Å²) in [6.45, 7) is 3.82. The van der Waals surface area contributed by atoms with Gasteiger partial charge in [0.1, 0.15) is 12.4 Å². The predicted octanol–water partition coefficient (Wildman–Crippen LogP) is 4.50. The monoisotopic (exact) mass is 514 g/mol. The van der Waals surface area contributed by atoms with E-state index >= 15 is 0 Å². The van der Waals surface area contributed by atoms with Gasteiger partial charge in [0, 0.05) is 32.0 Å². The second-order valence-corrected chi connectivity index (χ2v) is 9.18. The molecule has 1 unspecified atom stereocenters. The van der Waals surface area contributed by atoms with Crippen LogP contribution in [0.15, 0.2) is 24.3 Å². The maximum Gasteiger partial charge on any atom is 0.333 e. The van der Waals surface area contributed by atoms with E-state index in [9.17, 15) is 23.5 Å². The van der Waals surface area contributed by atoms with Crippen molar-refractivity contribution in [3.05, 3.63) is 29.8 Å². The van der Waals surface area contributed by atoms with E-state index in [0.29, 0.717) is 18.9 Å². The first kappa shape index (κ1) is 29.8. The zero-order valence-corrected chi connectivity index (χ0v) is 21.3. The average molecular weight is 515 g/mol. The van der Waals surface area contributed by atoms with E-state index in [0.717, 1.165) is 38.2 Å². The molecule has 36 heavy (non-hydrogen) atoms. The maximum absolute atomic E-state index is 13.0. The van der Waals surface area contributed by atoms with Gasteiger partial charge in [0.25, 0.3) is 0 Å². The van der Waals surface area contributed by atoms with E-state index in [4.69, 9.17) is 14.2 Å². The summed E-state index contributed by atoms with van der Waals surface area (Å²) in [6.07, 6.45) is 4.27. The summed E-state index contributed by atoms with van der Waals surface area (Å²) < 4.78 is 42.3. The third-order valence-corrected chi connectivity index (χ3v) is 6.03. The fourth-order valence-electron chi connectivity index (χ4n) is 3.98. The van der Waals surface area contributed by atoms with Crippen LogP contribution in [-0.4, -0.2) is 79.6 Å². The number of amides is 2. The maximum atomic E-state index is 13.0. The zero-order chi connectivity index (χ0) is 26.4. The first-order chi connectivity index (χ1) is 17.2. The molecule has 1 saturated carbocycles. The third kappa shape index (κ3) is 12.0. The van der Waals surface area contributed by atoms with Crippen molar-refractivity contribution >= 4 is 12.0 Å². The number of halogens is 2. The molecular weight excluding hydrogens is 474 g/mol. The summed E-state index contributed by atoms with van der Waals surface area (Å²) in [6, 6.07) is 7.01. The van der Waals surface area contributed by atoms with Crippen LogP contribution in [-0.2, 0) is 20.7 Å². The van der Waals surface area contributed by atoms with Crippen LogP contribution in [0.5, 0.6) is 5.75 Å². The number of rotatable bonds is 16. The smallest absolute Gasteiger partial charge is 0.333 e. The number of hydrogen-bond donors (Lipinski definition) is 2. The van der Waals surface area contributed by atoms with Gasteiger partial charge < -0.3 is 29.5 Å². The molecule has 10 heteroatoms. The molecule has 0 aromatic heterocycles. The van der Waals surface area contributed by atoms with Gasteiger partial charge in [-0.1, -0.05) is 31.4 Å². The van der Waals surface area contributed by atoms with Gasteiger partial charge in [0.15, 0.2) is 6.10 Å². The van der Waals surface area contributed by atoms with Crippen LogP contribution in [0.25, 0.3) is 0 Å². The number of urea groups is 1. The van der Waals surface area contributed by atoms with E-state index in [1.807, 2.05) is 0 Å². The van der Waals surface area contributed by atoms with E-state index in [2.05, 4.69) is 5.32 Å². The third-order valence-electron chi connectivity index (χ3n) is 6.03. The Hall–Kier alpha value is -2.46. The van der Waals surface area contributed by atoms with Gasteiger partial charge in [0.2, 0.25) is 5.92 Å². The van der Waals surface area contributed by atoms with Gasteiger partial charge in [-0.15, -0.1) is 0 Å². The van der Waals surface area contributed by atoms with Crippen molar-refractivity contribution in [2.24, 2.45) is 0 Å². The molecule has 8 nitrogen and oxygen atoms in total. The summed E-state index contributed by atoms with van der Waals surface area (Å²) >= 11 is 0. The molecule has 1 atom stereocenters. The quantitative estimate of drug-likeness (QED) is 0.315. The first-order valence-corrected chi connectivity index (χ1v) is 12.7. The molecule has 2 rings (SSSR count). The molecule has 1 fully saturated rings. The van der Waals surface area contributed by atoms with E-state index in [1.165, 1.54) is 6.42 Å². The molecular formula is C26H40F2N2O6. The lowest BCUT2D eigenvalue weighted by atomic mass is 9.96. The fourth-order valence-corrected chi connectivity index (χ4v) is 3.98. The van der Waals surface area contributed by atoms with Crippen molar-refractivity contribution in [1.82, 2.24) is 10.2 Å². The van der Waals surface area contributed by atoms with E-state index in [1.54, 1.807) is 36.1 Å². The van der Waals surface area contributed by atoms with Crippen LogP contribution >= 0.6 is 0 Å². The van der Waals surface area contributed by atoms with Crippen molar-refractivity contribution in [3.63, 3.8) is 0 Å². The lowest BCUT2D eigenvalue weighted by Gasteiger charge is -2.28. The van der Waals surface area contributed by atoms with Crippen molar-refractivity contribution in [2.75, 3.05) is 39.5 Å². The molecule has 0 heterocycles. The van der Waals surface area contributed by atoms with Gasteiger partial charge in [0.05, 0.1) is 19.8 Å². The standard InChI is InChI=1S/C26H40F2N2O6/c1-3-35-23(24(31)32)19-20-9-11-22(12-10-20)36-18-15-30(14-17-34-16-13-26(2,27)28)25(33)29-21-7-5-4-6-8-21/h9-12,21,23H,3-8,13-19H2,1-2H3,(H,29,33)(H,31,32). The Balaban J connectivity index is 1.84. The Morgan fingerprint density at radius 3 is 2.39 bits per heavy atom. The van der Waals surface area contributed by atoms with Crippen molar-refractivity contribution in [3.8, 4) is 5.75 Å². The summed E-state index contributed by atoms with van der Waals surface area (Å²) in [4.78, 5) is 25.7. The molecule has 0 radical (unpaired) electrons. The normalized spacial score (nSPS) is 15.3. The Kier molecular flexibility index (Phi) is 12.9. The lowest BCUT2D eigenvalue weighted by molar-refractivity contribution is -0.149. The van der Waals surface area contributed by atoms with Crippen LogP contribution in [0.2, 0.25) is 0 Å². The number of ether oxygens (including phenoxy) is 3. The van der Waals surface area contributed by atoms with E-state index in [-0.39, 0.29) is 51.3 Å². The number of hydrogen-bond acceptors (Lipinski definition) is 5. The number of carboxylic acid groups (broad SMARTS) is 1. The van der Waals surface area contributed by atoms with Crippen molar-refractivity contribution < 1.29 is 37.7 Å². The second kappa shape index (κ2) is 15.6. The Labute approximate surface area is 212 Å². The molecule has 204 valence electrons. The summed E-state index contributed by atoms with van der Waals surface area (Å²) in [5.74, 6) is -3.19. The largest absolute Gasteiger partial charge is 0.492 e. The van der Waals surface area contributed by atoms with Crippen LogP contribution in [0.4, 0.5) is 13.6 Å². The number of benzene rings is 1. The molecule has 2 amide bonds. The molecule has 1 aromatic carbocycles. The number of alkyl halides is 2. The molecule has 1 aliphatic rings. The highest BCUT2D eigenvalue weighted by molar-refractivity contribution is 5.74. The second-order valence-electron chi connectivity index (χ2n) is 9.18. The molecule has 1 aromatic rings. The molecule has 0 saturated heterocycles. The molecule has 0 aliphatic heterocycles. The minimum Gasteiger partial charge on any atom is -0.492 e. The highest BCUT2D eigenvalue weighted by Gasteiger charge is 2.22. The molecule has 1 aliphatic carbocycles. The summed E-state index contributed by atoms with van der Waals surface area (Å²) in [5.41, 5.74) is 0.812. The summed E-state index contributed by atoms with van der Waals surface area (Å²) in [5, 5.41) is 12.3. The molecule has 2 N–H and O–H groups in total. The van der Waals surface area contributed by atoms with Gasteiger partial charge in [-0.05, 0) is 44.4 Å². The molecule has 0 bridgehead atoms. The number of carboxylic acids is 1. The topological polar surface area (TPSA) is 97.3 Å². The highest BCUT2D eigenvalue weighted by atomic mass is 19.3. The Bertz CT molecular complexity index is 782. The highest BCUT2D eigenvalue weighted by Crippen LogP contribution is 2.18. The fraction of sp³-hybridized carbons (Fsp3) is 0.692. The predicted molar refractivity (Wildman–Crippen MR) is 132 cm³/mol. The van der Waals surface area contributed by atoms with Crippen molar-refractivity contribution in [1.29, 1.82) is 0 Å². The van der Waals surface area contributed by atoms with Crippen LogP contribution in [0, 0.1) is 0 Å². The Morgan fingerprint density at radius 1 is 1.11 bits per heavy atom. The van der Waals surface area contributed by atoms with Gasteiger partial charge in [-0.2, -0.15) is 0 Å². The number of nitrogens with one attached hydrogen (secondary N) is 1. The number of aliphatic carboxylic acids is 1. The van der Waals surface area contributed by atoms with Crippen molar-refractivity contribution in [2.45, 2.75) is 76.9 Å². The summed E-state index contributed by atoms with van der Waals surface area (Å²) in [7, 11) is 0. The number of nitrogens with zero attached hydrogens (tertiary/aromatic N) is 1. The minimum atomic E-state index is -2.78. The van der Waals surface area contributed by atoms with E-state index < -0.39 is 18.0 Å². The first-order valence-electron chi connectivity index (χ1n) is 12.7. The average Bonchev–Trinajstić information content (AvgIpc) is 2.83. The number of carbonyl (C=O) groups excluding carboxylic acids is 1. The van der Waals surface area contributed by atoms with Gasteiger partial charge in [-0.3, -0.25) is 0 Å². The SMILES string of the molecule is CCOC(Cc1ccc(OCCN(CCOCCC(C)(F)F)C(=O)NC2CCCCC2)cc1)C(=O)O. The van der Waals surface area contributed by atoms with Crippen LogP contribution in [0.3, 0.4) is 0 Å². The number of carbonyl (C=O) groups is 2. The minimum absolute atomic E-state index is 0.0730. The van der Waals surface area contributed by atoms with Gasteiger partial charge >= 0.3 is 12.0 Å². The van der Waals surface area contributed by atoms with Crippen LogP contribution in [0.1, 0.15) is 57.9 Å². The zero-order valence-electron chi connectivity index (χ0n) is 21.3. The lowest BCUT2D eigenvalue weighted by Crippen LogP contribution is -2.47.